The van der Waals surface area contributed by atoms with E-state index in [-0.39, 0.29) is 42.1 Å². The van der Waals surface area contributed by atoms with Crippen LogP contribution in [0, 0.1) is 5.92 Å². The molecular weight excluding hydrogens is 359 g/mol. The Balaban J connectivity index is 0. The SMILES string of the molecule is CCCCCCCCCCCC(CCCCCCC)COS(=O)(=O)[O-].[Na+]. The third-order valence-corrected chi connectivity index (χ3v) is 5.30. The van der Waals surface area contributed by atoms with Crippen LogP contribution < -0.4 is 29.6 Å². The number of hydrogen-bond acceptors (Lipinski definition) is 4. The topological polar surface area (TPSA) is 66.4 Å². The number of rotatable bonds is 19. The van der Waals surface area contributed by atoms with Crippen LogP contribution in [-0.2, 0) is 14.6 Å². The largest absolute Gasteiger partial charge is 1.00 e. The van der Waals surface area contributed by atoms with Crippen LogP contribution in [0.1, 0.15) is 117 Å². The Morgan fingerprint density at radius 1 is 0.692 bits per heavy atom. The Hall–Kier alpha value is 0.870. The first-order valence-electron chi connectivity index (χ1n) is 10.6. The number of hydrogen-bond donors (Lipinski definition) is 0. The average Bonchev–Trinajstić information content (AvgIpc) is 2.56. The summed E-state index contributed by atoms with van der Waals surface area (Å²) in [6.45, 7) is 4.50. The first-order valence-corrected chi connectivity index (χ1v) is 11.9. The minimum absolute atomic E-state index is 0. The smallest absolute Gasteiger partial charge is 0.726 e. The third kappa shape index (κ3) is 22.9. The molecular formula is C20H41NaO4S. The van der Waals surface area contributed by atoms with Gasteiger partial charge in [-0.05, 0) is 18.8 Å². The van der Waals surface area contributed by atoms with Crippen molar-refractivity contribution in [2.45, 2.75) is 117 Å². The first-order chi connectivity index (χ1) is 12.0. The van der Waals surface area contributed by atoms with E-state index < -0.39 is 10.4 Å². The van der Waals surface area contributed by atoms with Gasteiger partial charge in [0.25, 0.3) is 0 Å². The van der Waals surface area contributed by atoms with E-state index in [4.69, 9.17) is 0 Å². The van der Waals surface area contributed by atoms with Gasteiger partial charge in [0.15, 0.2) is 0 Å². The fourth-order valence-corrected chi connectivity index (χ4v) is 3.63. The van der Waals surface area contributed by atoms with Crippen molar-refractivity contribution in [1.29, 1.82) is 0 Å². The summed E-state index contributed by atoms with van der Waals surface area (Å²) in [5, 5.41) is 0. The van der Waals surface area contributed by atoms with E-state index in [1.54, 1.807) is 0 Å². The minimum Gasteiger partial charge on any atom is -0.726 e. The van der Waals surface area contributed by atoms with Gasteiger partial charge in [-0.25, -0.2) is 8.42 Å². The van der Waals surface area contributed by atoms with Crippen molar-refractivity contribution in [3.05, 3.63) is 0 Å². The maximum absolute atomic E-state index is 10.7. The summed E-state index contributed by atoms with van der Waals surface area (Å²) in [4.78, 5) is 0. The zero-order valence-corrected chi connectivity index (χ0v) is 20.5. The van der Waals surface area contributed by atoms with Crippen LogP contribution in [0.5, 0.6) is 0 Å². The van der Waals surface area contributed by atoms with Crippen LogP contribution in [0.4, 0.5) is 0 Å². The van der Waals surface area contributed by atoms with Crippen molar-refractivity contribution >= 4 is 10.4 Å². The summed E-state index contributed by atoms with van der Waals surface area (Å²) in [6, 6.07) is 0. The molecule has 26 heavy (non-hydrogen) atoms. The Morgan fingerprint density at radius 3 is 1.38 bits per heavy atom. The normalized spacial score (nSPS) is 12.7. The van der Waals surface area contributed by atoms with Crippen molar-refractivity contribution in [1.82, 2.24) is 0 Å². The Labute approximate surface area is 185 Å². The van der Waals surface area contributed by atoms with E-state index in [2.05, 4.69) is 18.0 Å². The molecule has 0 aliphatic rings. The monoisotopic (exact) mass is 400 g/mol. The van der Waals surface area contributed by atoms with Gasteiger partial charge in [-0.2, -0.15) is 0 Å². The number of unbranched alkanes of at least 4 members (excludes halogenated alkanes) is 12. The summed E-state index contributed by atoms with van der Waals surface area (Å²) in [6.07, 6.45) is 19.5. The molecule has 0 N–H and O–H groups in total. The Bertz CT molecular complexity index is 374. The van der Waals surface area contributed by atoms with Crippen LogP contribution in [0.2, 0.25) is 0 Å². The summed E-state index contributed by atoms with van der Waals surface area (Å²) < 4.78 is 36.6. The van der Waals surface area contributed by atoms with Gasteiger partial charge in [0.2, 0.25) is 10.4 Å². The molecule has 1 atom stereocenters. The Kier molecular flexibility index (Phi) is 23.0. The van der Waals surface area contributed by atoms with Crippen molar-refractivity contribution in [2.24, 2.45) is 5.92 Å². The fraction of sp³-hybridized carbons (Fsp3) is 1.00. The molecule has 0 aromatic heterocycles. The van der Waals surface area contributed by atoms with E-state index in [0.29, 0.717) is 0 Å². The molecule has 4 nitrogen and oxygen atoms in total. The van der Waals surface area contributed by atoms with Crippen LogP contribution >= 0.6 is 0 Å². The third-order valence-electron chi connectivity index (χ3n) is 4.88. The second-order valence-electron chi connectivity index (χ2n) is 7.38. The molecule has 1 unspecified atom stereocenters. The quantitative estimate of drug-likeness (QED) is 0.144. The Morgan fingerprint density at radius 2 is 1.04 bits per heavy atom. The molecule has 0 amide bonds. The summed E-state index contributed by atoms with van der Waals surface area (Å²) >= 11 is 0. The molecule has 0 aromatic rings. The molecule has 0 saturated heterocycles. The molecule has 0 saturated carbocycles. The predicted molar refractivity (Wildman–Crippen MR) is 104 cm³/mol. The van der Waals surface area contributed by atoms with Crippen LogP contribution in [0.3, 0.4) is 0 Å². The van der Waals surface area contributed by atoms with Crippen LogP contribution in [-0.4, -0.2) is 19.6 Å². The zero-order chi connectivity index (χ0) is 18.8. The second kappa shape index (κ2) is 20.6. The van der Waals surface area contributed by atoms with Gasteiger partial charge >= 0.3 is 29.6 Å². The van der Waals surface area contributed by atoms with Gasteiger partial charge in [-0.3, -0.25) is 4.18 Å². The molecule has 0 radical (unpaired) electrons. The van der Waals surface area contributed by atoms with Gasteiger partial charge in [0.05, 0.1) is 6.61 Å². The van der Waals surface area contributed by atoms with Crippen molar-refractivity contribution in [2.75, 3.05) is 6.61 Å². The first kappa shape index (κ1) is 29.1. The van der Waals surface area contributed by atoms with Gasteiger partial charge in [0, 0.05) is 0 Å². The molecule has 0 aliphatic heterocycles. The molecule has 0 fully saturated rings. The molecule has 0 bridgehead atoms. The van der Waals surface area contributed by atoms with E-state index in [1.165, 1.54) is 77.0 Å². The summed E-state index contributed by atoms with van der Waals surface area (Å²) in [5.74, 6) is 0.204. The van der Waals surface area contributed by atoms with Crippen molar-refractivity contribution in [3.8, 4) is 0 Å². The van der Waals surface area contributed by atoms with Crippen LogP contribution in [0.25, 0.3) is 0 Å². The average molecular weight is 401 g/mol. The molecule has 0 heterocycles. The fourth-order valence-electron chi connectivity index (χ4n) is 3.27. The second-order valence-corrected chi connectivity index (χ2v) is 8.43. The van der Waals surface area contributed by atoms with E-state index in [1.807, 2.05) is 0 Å². The molecule has 0 aromatic carbocycles. The van der Waals surface area contributed by atoms with Gasteiger partial charge in [0.1, 0.15) is 0 Å². The van der Waals surface area contributed by atoms with Gasteiger partial charge in [-0.15, -0.1) is 0 Å². The van der Waals surface area contributed by atoms with Crippen molar-refractivity contribution in [3.63, 3.8) is 0 Å². The molecule has 152 valence electrons. The maximum Gasteiger partial charge on any atom is 1.00 e. The molecule has 6 heteroatoms. The van der Waals surface area contributed by atoms with E-state index in [9.17, 15) is 13.0 Å². The summed E-state index contributed by atoms with van der Waals surface area (Å²) in [7, 11) is -4.56. The van der Waals surface area contributed by atoms with Crippen molar-refractivity contribution < 1.29 is 46.7 Å². The van der Waals surface area contributed by atoms with Gasteiger partial charge < -0.3 is 4.55 Å². The summed E-state index contributed by atoms with van der Waals surface area (Å²) in [5.41, 5.74) is 0. The standard InChI is InChI=1S/C20H42O4S.Na/c1-3-5-7-9-10-11-12-14-16-18-20(19-24-25(21,22)23)17-15-13-8-6-4-2;/h20H,3-19H2,1-2H3,(H,21,22,23);/q;+1/p-1. The van der Waals surface area contributed by atoms with E-state index in [0.717, 1.165) is 25.7 Å². The maximum atomic E-state index is 10.7. The molecule has 0 spiro atoms. The predicted octanol–water partition coefficient (Wildman–Crippen LogP) is 3.36. The molecule has 0 aliphatic carbocycles. The molecule has 0 rings (SSSR count). The zero-order valence-electron chi connectivity index (χ0n) is 17.6. The van der Waals surface area contributed by atoms with Gasteiger partial charge in [-0.1, -0.05) is 104 Å². The van der Waals surface area contributed by atoms with E-state index >= 15 is 0 Å². The van der Waals surface area contributed by atoms with Crippen LogP contribution in [0.15, 0.2) is 0 Å². The minimum atomic E-state index is -4.56.